The molecule has 1 aromatic heterocycles. The molecule has 1 atom stereocenters. The van der Waals surface area contributed by atoms with Crippen molar-refractivity contribution in [2.45, 2.75) is 26.5 Å². The van der Waals surface area contributed by atoms with Crippen LogP contribution in [-0.4, -0.2) is 17.1 Å². The lowest BCUT2D eigenvalue weighted by molar-refractivity contribution is -0.139. The Morgan fingerprint density at radius 1 is 0.915 bits per heavy atom. The van der Waals surface area contributed by atoms with Gasteiger partial charge in [0.25, 0.3) is 5.56 Å². The number of ether oxygens (including phenoxy) is 2. The summed E-state index contributed by atoms with van der Waals surface area (Å²) >= 11 is 5.91. The molecular formula is C38H28I2N2O4S. The molecule has 0 unspecified atom stereocenters. The average Bonchev–Trinajstić information content (AvgIpc) is 3.37. The van der Waals surface area contributed by atoms with Gasteiger partial charge in [-0.1, -0.05) is 96.3 Å². The highest BCUT2D eigenvalue weighted by Crippen LogP contribution is 2.35. The monoisotopic (exact) mass is 862 g/mol. The van der Waals surface area contributed by atoms with Crippen molar-refractivity contribution in [1.82, 2.24) is 4.57 Å². The maximum atomic E-state index is 14.3. The van der Waals surface area contributed by atoms with Crippen molar-refractivity contribution in [3.8, 4) is 5.75 Å². The van der Waals surface area contributed by atoms with Crippen LogP contribution in [0.3, 0.4) is 0 Å². The highest BCUT2D eigenvalue weighted by Gasteiger charge is 2.34. The number of aromatic nitrogens is 1. The first kappa shape index (κ1) is 31.8. The highest BCUT2D eigenvalue weighted by atomic mass is 127. The fourth-order valence-electron chi connectivity index (χ4n) is 6.10. The second kappa shape index (κ2) is 13.4. The predicted molar refractivity (Wildman–Crippen MR) is 205 cm³/mol. The molecule has 2 heterocycles. The van der Waals surface area contributed by atoms with E-state index in [1.807, 2.05) is 79.7 Å². The first-order valence-corrected chi connectivity index (χ1v) is 18.1. The smallest absolute Gasteiger partial charge is 0.338 e. The zero-order chi connectivity index (χ0) is 32.7. The van der Waals surface area contributed by atoms with E-state index in [2.05, 4.69) is 75.5 Å². The molecule has 0 saturated carbocycles. The van der Waals surface area contributed by atoms with Crippen LogP contribution in [0, 0.1) is 7.14 Å². The molecule has 0 amide bonds. The normalized spacial score (nSPS) is 14.7. The maximum Gasteiger partial charge on any atom is 0.338 e. The van der Waals surface area contributed by atoms with Crippen LogP contribution in [0.25, 0.3) is 27.6 Å². The van der Waals surface area contributed by atoms with Crippen LogP contribution in [0.5, 0.6) is 5.75 Å². The highest BCUT2D eigenvalue weighted by molar-refractivity contribution is 14.1. The quantitative estimate of drug-likeness (QED) is 0.121. The zero-order valence-electron chi connectivity index (χ0n) is 25.5. The number of carbonyl (C=O) groups is 1. The maximum absolute atomic E-state index is 14.3. The minimum absolute atomic E-state index is 0.206. The summed E-state index contributed by atoms with van der Waals surface area (Å²) in [5.41, 5.74) is 3.57. The van der Waals surface area contributed by atoms with Gasteiger partial charge in [0.15, 0.2) is 4.80 Å². The summed E-state index contributed by atoms with van der Waals surface area (Å²) in [6.45, 7) is 4.25. The molecule has 234 valence electrons. The van der Waals surface area contributed by atoms with E-state index in [1.54, 1.807) is 11.5 Å². The van der Waals surface area contributed by atoms with Gasteiger partial charge in [0.2, 0.25) is 0 Å². The van der Waals surface area contributed by atoms with Gasteiger partial charge in [-0.3, -0.25) is 9.36 Å². The summed E-state index contributed by atoms with van der Waals surface area (Å²) < 4.78 is 15.9. The predicted octanol–water partition coefficient (Wildman–Crippen LogP) is 7.89. The third kappa shape index (κ3) is 6.04. The topological polar surface area (TPSA) is 69.9 Å². The molecule has 9 heteroatoms. The second-order valence-electron chi connectivity index (χ2n) is 11.1. The fourth-order valence-corrected chi connectivity index (χ4v) is 9.27. The van der Waals surface area contributed by atoms with Crippen molar-refractivity contribution in [3.63, 3.8) is 0 Å². The minimum Gasteiger partial charge on any atom is -0.487 e. The molecule has 0 radical (unpaired) electrons. The van der Waals surface area contributed by atoms with Gasteiger partial charge in [0.05, 0.1) is 35.6 Å². The molecule has 6 nitrogen and oxygen atoms in total. The molecular weight excluding hydrogens is 834 g/mol. The average molecular weight is 863 g/mol. The number of thiazole rings is 1. The number of benzene rings is 5. The van der Waals surface area contributed by atoms with Gasteiger partial charge < -0.3 is 9.47 Å². The number of nitrogens with zero attached hydrogens (tertiary/aromatic N) is 2. The number of carbonyl (C=O) groups excluding carboxylic acids is 1. The van der Waals surface area contributed by atoms with Crippen molar-refractivity contribution in [1.29, 1.82) is 0 Å². The Labute approximate surface area is 302 Å². The van der Waals surface area contributed by atoms with E-state index in [0.717, 1.165) is 40.4 Å². The van der Waals surface area contributed by atoms with Crippen LogP contribution >= 0.6 is 56.5 Å². The van der Waals surface area contributed by atoms with Crippen LogP contribution in [0.15, 0.2) is 118 Å². The van der Waals surface area contributed by atoms with Crippen LogP contribution < -0.4 is 19.6 Å². The van der Waals surface area contributed by atoms with Crippen LogP contribution in [0.2, 0.25) is 0 Å². The first-order chi connectivity index (χ1) is 22.8. The molecule has 0 fully saturated rings. The van der Waals surface area contributed by atoms with Gasteiger partial charge in [0.1, 0.15) is 12.4 Å². The van der Waals surface area contributed by atoms with Gasteiger partial charge in [-0.15, -0.1) is 0 Å². The lowest BCUT2D eigenvalue weighted by atomic mass is 9.91. The Balaban J connectivity index is 1.29. The molecule has 5 aromatic carbocycles. The summed E-state index contributed by atoms with van der Waals surface area (Å²) in [7, 11) is 0. The lowest BCUT2D eigenvalue weighted by Crippen LogP contribution is -2.40. The minimum atomic E-state index is -0.677. The lowest BCUT2D eigenvalue weighted by Gasteiger charge is -2.25. The van der Waals surface area contributed by atoms with Crippen molar-refractivity contribution in [2.24, 2.45) is 4.99 Å². The number of allylic oxidation sites excluding steroid dienone is 1. The van der Waals surface area contributed by atoms with Crippen LogP contribution in [0.4, 0.5) is 0 Å². The molecule has 0 bridgehead atoms. The van der Waals surface area contributed by atoms with Gasteiger partial charge in [0, 0.05) is 0 Å². The van der Waals surface area contributed by atoms with E-state index in [1.165, 1.54) is 22.1 Å². The molecule has 1 aliphatic heterocycles. The van der Waals surface area contributed by atoms with Crippen molar-refractivity contribution in [3.05, 3.63) is 152 Å². The number of hydrogen-bond donors (Lipinski definition) is 0. The largest absolute Gasteiger partial charge is 0.487 e. The summed E-state index contributed by atoms with van der Waals surface area (Å²) in [5, 5.41) is 4.35. The molecule has 0 N–H and O–H groups in total. The molecule has 1 aliphatic rings. The van der Waals surface area contributed by atoms with E-state index in [9.17, 15) is 9.59 Å². The molecule has 0 spiro atoms. The van der Waals surface area contributed by atoms with Gasteiger partial charge >= 0.3 is 5.97 Å². The SMILES string of the molecule is CCOC(=O)C1=C(C)N=c2s/c(=C\c3cc(I)c(OCc4cccc5ccccc45)c(I)c3)c(=O)n2[C@@H]1c1cccc2ccccc12. The molecule has 47 heavy (non-hydrogen) atoms. The summed E-state index contributed by atoms with van der Waals surface area (Å²) in [4.78, 5) is 32.9. The standard InChI is InChI=1S/C38H28I2N2O4S/c1-3-45-37(44)33-22(2)41-38-42(34(33)29-17-9-13-25-11-5-7-16-28(25)29)36(43)32(47-38)20-23-18-30(39)35(31(40)19-23)46-21-26-14-8-12-24-10-4-6-15-27(24)26/h4-20,34H,3,21H2,1-2H3/b32-20-/t34-/m1/s1. The van der Waals surface area contributed by atoms with Gasteiger partial charge in [-0.25, -0.2) is 9.79 Å². The van der Waals surface area contributed by atoms with Crippen molar-refractivity contribution >= 4 is 90.1 Å². The fraction of sp³-hybridized carbons (Fsp3) is 0.132. The third-order valence-corrected chi connectivity index (χ3v) is 10.8. The third-order valence-electron chi connectivity index (χ3n) is 8.21. The number of hydrogen-bond acceptors (Lipinski definition) is 6. The van der Waals surface area contributed by atoms with E-state index in [0.29, 0.717) is 27.2 Å². The van der Waals surface area contributed by atoms with Gasteiger partial charge in [-0.05, 0) is 115 Å². The summed E-state index contributed by atoms with van der Waals surface area (Å²) in [6, 6.07) is 31.9. The van der Waals surface area contributed by atoms with Crippen molar-refractivity contribution < 1.29 is 14.3 Å². The Kier molecular flexibility index (Phi) is 9.03. The number of fused-ring (bicyclic) bond motifs is 3. The molecule has 6 aromatic rings. The Bertz CT molecular complexity index is 2400. The molecule has 0 saturated heterocycles. The Morgan fingerprint density at radius 3 is 2.28 bits per heavy atom. The van der Waals surface area contributed by atoms with Gasteiger partial charge in [-0.2, -0.15) is 0 Å². The zero-order valence-corrected chi connectivity index (χ0v) is 30.6. The van der Waals surface area contributed by atoms with E-state index >= 15 is 0 Å². The van der Waals surface area contributed by atoms with E-state index in [-0.39, 0.29) is 12.2 Å². The van der Waals surface area contributed by atoms with E-state index in [4.69, 9.17) is 14.5 Å². The first-order valence-electron chi connectivity index (χ1n) is 15.1. The van der Waals surface area contributed by atoms with Crippen molar-refractivity contribution in [2.75, 3.05) is 6.61 Å². The summed E-state index contributed by atoms with van der Waals surface area (Å²) in [5.74, 6) is 0.340. The van der Waals surface area contributed by atoms with Crippen LogP contribution in [-0.2, 0) is 16.1 Å². The summed E-state index contributed by atoms with van der Waals surface area (Å²) in [6.07, 6.45) is 1.90. The number of halogens is 2. The molecule has 7 rings (SSSR count). The Morgan fingerprint density at radius 2 is 1.55 bits per heavy atom. The Hall–Kier alpha value is -3.81. The van der Waals surface area contributed by atoms with E-state index < -0.39 is 12.0 Å². The number of rotatable bonds is 7. The van der Waals surface area contributed by atoms with Crippen LogP contribution in [0.1, 0.15) is 36.6 Å². The second-order valence-corrected chi connectivity index (χ2v) is 14.4. The number of esters is 1. The molecule has 0 aliphatic carbocycles.